The molecule has 2 amide bonds. The number of hydrogen-bond donors (Lipinski definition) is 1. The summed E-state index contributed by atoms with van der Waals surface area (Å²) < 4.78 is 10.7. The van der Waals surface area contributed by atoms with E-state index in [0.29, 0.717) is 29.4 Å². The van der Waals surface area contributed by atoms with Crippen LogP contribution in [0.15, 0.2) is 59.0 Å². The number of ether oxygens (including phenoxy) is 1. The number of aromatic nitrogens is 1. The monoisotopic (exact) mass is 381 g/mol. The second-order valence-electron chi connectivity index (χ2n) is 5.77. The van der Waals surface area contributed by atoms with Gasteiger partial charge in [-0.2, -0.15) is 0 Å². The van der Waals surface area contributed by atoms with Crippen molar-refractivity contribution in [1.29, 1.82) is 0 Å². The average molecular weight is 381 g/mol. The minimum Gasteiger partial charge on any atom is -0.482 e. The molecule has 0 unspecified atom stereocenters. The van der Waals surface area contributed by atoms with E-state index in [2.05, 4.69) is 17.1 Å². The average Bonchev–Trinajstić information content (AvgIpc) is 3.35. The molecular formula is C19H15N3O4S. The smallest absolute Gasteiger partial charge is 0.277 e. The Bertz CT molecular complexity index is 1010. The Morgan fingerprint density at radius 2 is 2.26 bits per heavy atom. The third-order valence-corrected chi connectivity index (χ3v) is 4.86. The van der Waals surface area contributed by atoms with Crippen molar-refractivity contribution in [2.75, 3.05) is 23.4 Å². The van der Waals surface area contributed by atoms with Gasteiger partial charge in [0.25, 0.3) is 11.8 Å². The van der Waals surface area contributed by atoms with Crippen molar-refractivity contribution >= 4 is 34.5 Å². The van der Waals surface area contributed by atoms with Gasteiger partial charge in [-0.3, -0.25) is 9.59 Å². The molecule has 2 aromatic heterocycles. The summed E-state index contributed by atoms with van der Waals surface area (Å²) >= 11 is 1.50. The lowest BCUT2D eigenvalue weighted by Gasteiger charge is -2.28. The Labute approximate surface area is 158 Å². The van der Waals surface area contributed by atoms with E-state index in [4.69, 9.17) is 9.26 Å². The molecule has 0 radical (unpaired) electrons. The number of fused-ring (bicyclic) bond motifs is 1. The predicted octanol–water partition coefficient (Wildman–Crippen LogP) is 3.57. The van der Waals surface area contributed by atoms with Crippen molar-refractivity contribution < 1.29 is 18.8 Å². The van der Waals surface area contributed by atoms with Gasteiger partial charge in [0, 0.05) is 18.3 Å². The Morgan fingerprint density at radius 3 is 3.04 bits per heavy atom. The lowest BCUT2D eigenvalue weighted by Crippen LogP contribution is -2.38. The molecule has 4 rings (SSSR count). The van der Waals surface area contributed by atoms with E-state index in [1.165, 1.54) is 11.3 Å². The number of anilines is 2. The zero-order valence-corrected chi connectivity index (χ0v) is 15.0. The van der Waals surface area contributed by atoms with Crippen molar-refractivity contribution in [3.63, 3.8) is 0 Å². The van der Waals surface area contributed by atoms with Crippen LogP contribution < -0.4 is 15.0 Å². The van der Waals surface area contributed by atoms with Crippen LogP contribution in [-0.2, 0) is 4.79 Å². The Hall–Kier alpha value is -3.39. The standard InChI is InChI=1S/C19H15N3O4S/c1-2-7-22-14-9-12(5-6-15(14)25-11-18(22)23)20-19(24)13-10-16(26-21-13)17-4-3-8-27-17/h2-6,8-10H,1,7,11H2,(H,20,24). The number of thiophene rings is 1. The van der Waals surface area contributed by atoms with Gasteiger partial charge in [0.1, 0.15) is 5.75 Å². The van der Waals surface area contributed by atoms with E-state index >= 15 is 0 Å². The largest absolute Gasteiger partial charge is 0.482 e. The zero-order chi connectivity index (χ0) is 18.8. The molecule has 0 bridgehead atoms. The molecule has 8 heteroatoms. The van der Waals surface area contributed by atoms with Crippen LogP contribution in [0.1, 0.15) is 10.5 Å². The molecule has 1 N–H and O–H groups in total. The summed E-state index contributed by atoms with van der Waals surface area (Å²) in [6, 6.07) is 10.5. The molecule has 3 aromatic rings. The lowest BCUT2D eigenvalue weighted by molar-refractivity contribution is -0.121. The van der Waals surface area contributed by atoms with Gasteiger partial charge in [-0.05, 0) is 29.6 Å². The van der Waals surface area contributed by atoms with Crippen LogP contribution >= 0.6 is 11.3 Å². The zero-order valence-electron chi connectivity index (χ0n) is 14.2. The van der Waals surface area contributed by atoms with Gasteiger partial charge in [-0.25, -0.2) is 0 Å². The Morgan fingerprint density at radius 1 is 1.37 bits per heavy atom. The molecule has 27 heavy (non-hydrogen) atoms. The number of carbonyl (C=O) groups is 2. The van der Waals surface area contributed by atoms with Gasteiger partial charge in [-0.15, -0.1) is 17.9 Å². The third-order valence-electron chi connectivity index (χ3n) is 3.98. The summed E-state index contributed by atoms with van der Waals surface area (Å²) in [5, 5.41) is 8.52. The number of amides is 2. The first-order valence-electron chi connectivity index (χ1n) is 8.16. The van der Waals surface area contributed by atoms with Crippen LogP contribution in [0.5, 0.6) is 5.75 Å². The van der Waals surface area contributed by atoms with Gasteiger partial charge >= 0.3 is 0 Å². The van der Waals surface area contributed by atoms with Gasteiger partial charge in [0.05, 0.1) is 10.6 Å². The quantitative estimate of drug-likeness (QED) is 0.683. The summed E-state index contributed by atoms with van der Waals surface area (Å²) in [5.41, 5.74) is 1.28. The van der Waals surface area contributed by atoms with Crippen molar-refractivity contribution in [3.8, 4) is 16.4 Å². The van der Waals surface area contributed by atoms with E-state index in [1.807, 2.05) is 17.5 Å². The van der Waals surface area contributed by atoms with Crippen molar-refractivity contribution in [2.45, 2.75) is 0 Å². The maximum absolute atomic E-state index is 12.5. The fourth-order valence-electron chi connectivity index (χ4n) is 2.72. The molecular weight excluding hydrogens is 366 g/mol. The Kier molecular flexibility index (Phi) is 4.47. The fraction of sp³-hybridized carbons (Fsp3) is 0.105. The summed E-state index contributed by atoms with van der Waals surface area (Å²) in [7, 11) is 0. The van der Waals surface area contributed by atoms with Crippen molar-refractivity contribution in [3.05, 3.63) is 60.1 Å². The molecule has 0 saturated carbocycles. The van der Waals surface area contributed by atoms with E-state index < -0.39 is 5.91 Å². The van der Waals surface area contributed by atoms with E-state index in [0.717, 1.165) is 4.88 Å². The van der Waals surface area contributed by atoms with Crippen molar-refractivity contribution in [1.82, 2.24) is 5.16 Å². The molecule has 0 saturated heterocycles. The lowest BCUT2D eigenvalue weighted by atomic mass is 10.2. The predicted molar refractivity (Wildman–Crippen MR) is 102 cm³/mol. The van der Waals surface area contributed by atoms with Crippen LogP contribution in [0.2, 0.25) is 0 Å². The minimum atomic E-state index is -0.403. The SMILES string of the molecule is C=CCN1C(=O)COc2ccc(NC(=O)c3cc(-c4cccs4)on3)cc21. The number of hydrogen-bond acceptors (Lipinski definition) is 6. The topological polar surface area (TPSA) is 84.7 Å². The second kappa shape index (κ2) is 7.08. The van der Waals surface area contributed by atoms with E-state index in [9.17, 15) is 9.59 Å². The summed E-state index contributed by atoms with van der Waals surface area (Å²) in [6.07, 6.45) is 1.64. The van der Waals surface area contributed by atoms with Gasteiger partial charge in [0.2, 0.25) is 0 Å². The number of benzene rings is 1. The van der Waals surface area contributed by atoms with Gasteiger partial charge in [0.15, 0.2) is 18.1 Å². The van der Waals surface area contributed by atoms with Crippen molar-refractivity contribution in [2.24, 2.45) is 0 Å². The molecule has 0 aliphatic carbocycles. The van der Waals surface area contributed by atoms with Crippen LogP contribution in [0.4, 0.5) is 11.4 Å². The number of nitrogens with one attached hydrogen (secondary N) is 1. The van der Waals surface area contributed by atoms with Crippen LogP contribution in [0.3, 0.4) is 0 Å². The van der Waals surface area contributed by atoms with E-state index in [1.54, 1.807) is 35.2 Å². The van der Waals surface area contributed by atoms with Gasteiger partial charge in [-0.1, -0.05) is 17.3 Å². The highest BCUT2D eigenvalue weighted by molar-refractivity contribution is 7.13. The summed E-state index contributed by atoms with van der Waals surface area (Å²) in [4.78, 5) is 27.0. The second-order valence-corrected chi connectivity index (χ2v) is 6.72. The molecule has 0 fully saturated rings. The Balaban J connectivity index is 1.55. The van der Waals surface area contributed by atoms with E-state index in [-0.39, 0.29) is 18.2 Å². The highest BCUT2D eigenvalue weighted by Crippen LogP contribution is 2.34. The number of nitrogens with zero attached hydrogens (tertiary/aromatic N) is 2. The van der Waals surface area contributed by atoms with Gasteiger partial charge < -0.3 is 19.5 Å². The maximum atomic E-state index is 12.5. The molecule has 0 spiro atoms. The third kappa shape index (κ3) is 3.34. The molecule has 3 heterocycles. The molecule has 1 aliphatic rings. The first-order valence-corrected chi connectivity index (χ1v) is 9.04. The molecule has 0 atom stereocenters. The molecule has 1 aliphatic heterocycles. The molecule has 136 valence electrons. The normalized spacial score (nSPS) is 13.0. The molecule has 1 aromatic carbocycles. The number of rotatable bonds is 5. The fourth-order valence-corrected chi connectivity index (χ4v) is 3.39. The highest BCUT2D eigenvalue weighted by Gasteiger charge is 2.25. The first-order chi connectivity index (χ1) is 13.2. The first kappa shape index (κ1) is 17.0. The van der Waals surface area contributed by atoms with Crippen LogP contribution in [-0.4, -0.2) is 30.1 Å². The highest BCUT2D eigenvalue weighted by atomic mass is 32.1. The van der Waals surface area contributed by atoms with Crippen LogP contribution in [0.25, 0.3) is 10.6 Å². The number of carbonyl (C=O) groups excluding carboxylic acids is 2. The summed E-state index contributed by atoms with van der Waals surface area (Å²) in [6.45, 7) is 4.02. The maximum Gasteiger partial charge on any atom is 0.277 e. The summed E-state index contributed by atoms with van der Waals surface area (Å²) in [5.74, 6) is 0.551. The van der Waals surface area contributed by atoms with Crippen LogP contribution in [0, 0.1) is 0 Å². The molecule has 7 nitrogen and oxygen atoms in total. The minimum absolute atomic E-state index is 0.0169.